The van der Waals surface area contributed by atoms with Crippen LogP contribution in [-0.4, -0.2) is 48.0 Å². The van der Waals surface area contributed by atoms with Gasteiger partial charge in [-0.25, -0.2) is 4.79 Å². The lowest BCUT2D eigenvalue weighted by molar-refractivity contribution is 0.107. The summed E-state index contributed by atoms with van der Waals surface area (Å²) in [5.41, 5.74) is 4.93. The largest absolute Gasteiger partial charge is 0.445 e. The Morgan fingerprint density at radius 1 is 1.57 bits per heavy atom. The van der Waals surface area contributed by atoms with E-state index in [-0.39, 0.29) is 12.1 Å². The van der Waals surface area contributed by atoms with E-state index in [1.54, 1.807) is 0 Å². The van der Waals surface area contributed by atoms with Crippen LogP contribution in [0.3, 0.4) is 0 Å². The molecule has 0 spiro atoms. The molecule has 1 heterocycles. The van der Waals surface area contributed by atoms with Crippen LogP contribution >= 0.6 is 23.2 Å². The molecule has 1 saturated heterocycles. The summed E-state index contributed by atoms with van der Waals surface area (Å²) in [5.74, 6) is 0.986. The van der Waals surface area contributed by atoms with Gasteiger partial charge in [-0.15, -0.1) is 23.2 Å². The Morgan fingerprint density at radius 2 is 2.21 bits per heavy atom. The van der Waals surface area contributed by atoms with Crippen LogP contribution in [0.15, 0.2) is 0 Å². The lowest BCUT2D eigenvalue weighted by Gasteiger charge is -2.23. The van der Waals surface area contributed by atoms with Crippen molar-refractivity contribution in [3.8, 4) is 0 Å². The summed E-state index contributed by atoms with van der Waals surface area (Å²) in [6.07, 6.45) is -0.0284. The third-order valence-electron chi connectivity index (χ3n) is 2.33. The van der Waals surface area contributed by atoms with Crippen LogP contribution in [-0.2, 0) is 4.74 Å². The summed E-state index contributed by atoms with van der Waals surface area (Å²) >= 11 is 11.5. The summed E-state index contributed by atoms with van der Waals surface area (Å²) in [7, 11) is 0. The predicted molar refractivity (Wildman–Crippen MR) is 55.9 cm³/mol. The van der Waals surface area contributed by atoms with Crippen molar-refractivity contribution in [1.82, 2.24) is 4.90 Å². The molecule has 6 heteroatoms. The highest BCUT2D eigenvalue weighted by Crippen LogP contribution is 2.17. The van der Waals surface area contributed by atoms with E-state index in [0.717, 1.165) is 13.0 Å². The number of likely N-dealkylation sites (tertiary alicyclic amines) is 1. The lowest BCUT2D eigenvalue weighted by Crippen LogP contribution is -2.37. The fourth-order valence-electron chi connectivity index (χ4n) is 1.58. The second kappa shape index (κ2) is 5.63. The monoisotopic (exact) mass is 240 g/mol. The highest BCUT2D eigenvalue weighted by molar-refractivity contribution is 6.21. The number of halogens is 2. The van der Waals surface area contributed by atoms with E-state index in [1.165, 1.54) is 0 Å². The van der Waals surface area contributed by atoms with E-state index in [1.807, 2.05) is 0 Å². The van der Waals surface area contributed by atoms with E-state index in [4.69, 9.17) is 33.7 Å². The molecular formula is C8H14Cl2N2O2. The van der Waals surface area contributed by atoms with E-state index >= 15 is 0 Å². The third-order valence-corrected chi connectivity index (χ3v) is 3.04. The van der Waals surface area contributed by atoms with Gasteiger partial charge in [-0.2, -0.15) is 0 Å². The van der Waals surface area contributed by atoms with Gasteiger partial charge in [0.05, 0.1) is 0 Å². The van der Waals surface area contributed by atoms with Crippen LogP contribution < -0.4 is 5.73 Å². The van der Waals surface area contributed by atoms with Crippen molar-refractivity contribution in [2.75, 3.05) is 24.8 Å². The van der Waals surface area contributed by atoms with Gasteiger partial charge in [0.1, 0.15) is 6.10 Å². The molecule has 0 aromatic carbocycles. The Labute approximate surface area is 93.3 Å². The molecule has 0 aromatic heterocycles. The van der Waals surface area contributed by atoms with Crippen molar-refractivity contribution in [2.24, 2.45) is 5.73 Å². The van der Waals surface area contributed by atoms with E-state index < -0.39 is 6.09 Å². The number of alkyl halides is 2. The second-order valence-corrected chi connectivity index (χ2v) is 3.92. The Morgan fingerprint density at radius 3 is 2.71 bits per heavy atom. The maximum atomic E-state index is 10.5. The molecule has 1 aliphatic rings. The number of hydrogen-bond donors (Lipinski definition) is 1. The Balaban J connectivity index is 2.36. The predicted octanol–water partition coefficient (Wildman–Crippen LogP) is 1.00. The zero-order valence-electron chi connectivity index (χ0n) is 7.79. The number of nitrogens with zero attached hydrogens (tertiary/aromatic N) is 1. The van der Waals surface area contributed by atoms with E-state index in [9.17, 15) is 4.79 Å². The Kier molecular flexibility index (Phi) is 4.78. The van der Waals surface area contributed by atoms with Gasteiger partial charge in [-0.1, -0.05) is 0 Å². The molecule has 2 N–H and O–H groups in total. The average molecular weight is 241 g/mol. The molecule has 4 nitrogen and oxygen atoms in total. The average Bonchev–Trinajstić information content (AvgIpc) is 2.54. The van der Waals surface area contributed by atoms with Crippen LogP contribution in [0.1, 0.15) is 6.42 Å². The van der Waals surface area contributed by atoms with Gasteiger partial charge in [0, 0.05) is 30.9 Å². The van der Waals surface area contributed by atoms with Crippen LogP contribution in [0.2, 0.25) is 0 Å². The normalized spacial score (nSPS) is 22.9. The van der Waals surface area contributed by atoms with Crippen LogP contribution in [0.25, 0.3) is 0 Å². The number of nitrogens with two attached hydrogens (primary N) is 1. The molecule has 1 atom stereocenters. The first-order valence-corrected chi connectivity index (χ1v) is 5.56. The van der Waals surface area contributed by atoms with Gasteiger partial charge in [-0.3, -0.25) is 4.90 Å². The van der Waals surface area contributed by atoms with Crippen LogP contribution in [0.5, 0.6) is 0 Å². The van der Waals surface area contributed by atoms with Gasteiger partial charge in [0.2, 0.25) is 0 Å². The fourth-order valence-corrected chi connectivity index (χ4v) is 2.30. The highest BCUT2D eigenvalue weighted by atomic mass is 35.5. The molecule has 1 amide bonds. The quantitative estimate of drug-likeness (QED) is 0.747. The SMILES string of the molecule is NC(=O)OC1CCN(C(CCl)CCl)C1. The first kappa shape index (κ1) is 11.9. The molecular weight excluding hydrogens is 227 g/mol. The number of carbonyl (C=O) groups is 1. The molecule has 0 aromatic rings. The van der Waals surface area contributed by atoms with Gasteiger partial charge in [0.15, 0.2) is 0 Å². The van der Waals surface area contributed by atoms with E-state index in [0.29, 0.717) is 18.3 Å². The Bertz CT molecular complexity index is 200. The minimum Gasteiger partial charge on any atom is -0.445 e. The van der Waals surface area contributed by atoms with Crippen LogP contribution in [0.4, 0.5) is 4.79 Å². The molecule has 1 aliphatic heterocycles. The van der Waals surface area contributed by atoms with E-state index in [2.05, 4.69) is 4.90 Å². The van der Waals surface area contributed by atoms with Gasteiger partial charge in [-0.05, 0) is 6.42 Å². The number of rotatable bonds is 4. The van der Waals surface area contributed by atoms with Crippen molar-refractivity contribution < 1.29 is 9.53 Å². The summed E-state index contributed by atoms with van der Waals surface area (Å²) in [4.78, 5) is 12.6. The van der Waals surface area contributed by atoms with Gasteiger partial charge < -0.3 is 10.5 Å². The number of ether oxygens (including phenoxy) is 1. The smallest absolute Gasteiger partial charge is 0.404 e. The molecule has 14 heavy (non-hydrogen) atoms. The molecule has 1 rings (SSSR count). The van der Waals surface area contributed by atoms with Gasteiger partial charge in [0.25, 0.3) is 0 Å². The standard InChI is InChI=1S/C8H14Cl2N2O2/c9-3-6(4-10)12-2-1-7(5-12)14-8(11)13/h6-7H,1-5H2,(H2,11,13). The number of hydrogen-bond acceptors (Lipinski definition) is 3. The summed E-state index contributed by atoms with van der Waals surface area (Å²) in [6, 6.07) is 0.153. The zero-order valence-corrected chi connectivity index (χ0v) is 9.30. The third kappa shape index (κ3) is 3.19. The number of amides is 1. The topological polar surface area (TPSA) is 55.6 Å². The first-order chi connectivity index (χ1) is 6.67. The second-order valence-electron chi connectivity index (χ2n) is 3.30. The lowest BCUT2D eigenvalue weighted by atomic mass is 10.3. The molecule has 0 aliphatic carbocycles. The Hall–Kier alpha value is -0.190. The summed E-state index contributed by atoms with van der Waals surface area (Å²) in [5, 5.41) is 0. The van der Waals surface area contributed by atoms with Crippen LogP contribution in [0, 0.1) is 0 Å². The molecule has 0 saturated carbocycles. The van der Waals surface area contributed by atoms with Crippen molar-refractivity contribution >= 4 is 29.3 Å². The minimum absolute atomic E-state index is 0.110. The van der Waals surface area contributed by atoms with Crippen molar-refractivity contribution in [3.05, 3.63) is 0 Å². The van der Waals surface area contributed by atoms with Crippen molar-refractivity contribution in [3.63, 3.8) is 0 Å². The molecule has 0 radical (unpaired) electrons. The maximum absolute atomic E-state index is 10.5. The maximum Gasteiger partial charge on any atom is 0.404 e. The molecule has 82 valence electrons. The molecule has 1 fully saturated rings. The van der Waals surface area contributed by atoms with Gasteiger partial charge >= 0.3 is 6.09 Å². The van der Waals surface area contributed by atoms with Crippen molar-refractivity contribution in [1.29, 1.82) is 0 Å². The summed E-state index contributed by atoms with van der Waals surface area (Å²) in [6.45, 7) is 1.52. The zero-order chi connectivity index (χ0) is 10.6. The van der Waals surface area contributed by atoms with Crippen molar-refractivity contribution in [2.45, 2.75) is 18.6 Å². The first-order valence-electron chi connectivity index (χ1n) is 4.49. The highest BCUT2D eigenvalue weighted by Gasteiger charge is 2.29. The molecule has 0 bridgehead atoms. The minimum atomic E-state index is -0.717. The number of carbonyl (C=O) groups excluding carboxylic acids is 1. The fraction of sp³-hybridized carbons (Fsp3) is 0.875. The number of primary amides is 1. The summed E-state index contributed by atoms with van der Waals surface area (Å²) < 4.78 is 4.89. The molecule has 1 unspecified atom stereocenters.